The van der Waals surface area contributed by atoms with E-state index in [1.807, 2.05) is 6.92 Å². The van der Waals surface area contributed by atoms with Crippen molar-refractivity contribution in [1.82, 2.24) is 0 Å². The van der Waals surface area contributed by atoms with E-state index >= 15 is 0 Å². The molecule has 0 aromatic carbocycles. The van der Waals surface area contributed by atoms with Gasteiger partial charge in [-0.2, -0.15) is 0 Å². The van der Waals surface area contributed by atoms with Crippen LogP contribution in [0.25, 0.3) is 0 Å². The molecule has 0 saturated heterocycles. The van der Waals surface area contributed by atoms with Gasteiger partial charge in [0.1, 0.15) is 17.1 Å². The number of ether oxygens (including phenoxy) is 1. The molecule has 5 rings (SSSR count). The summed E-state index contributed by atoms with van der Waals surface area (Å²) >= 11 is 0. The number of Topliss-reactive ketones (excluding diaryl/α,β-unsaturated/α-hetero) is 1. The predicted octanol–water partition coefficient (Wildman–Crippen LogP) is 5.48. The lowest BCUT2D eigenvalue weighted by molar-refractivity contribution is -0.209. The molecule has 3 aliphatic carbocycles. The molecule has 0 N–H and O–H groups in total. The van der Waals surface area contributed by atoms with Gasteiger partial charge in [-0.1, -0.05) is 27.7 Å². The normalized spacial score (nSPS) is 44.2. The van der Waals surface area contributed by atoms with Crippen LogP contribution in [0.1, 0.15) is 84.5 Å². The van der Waals surface area contributed by atoms with Gasteiger partial charge >= 0.3 is 0 Å². The Balaban J connectivity index is 1.58. The third-order valence-electron chi connectivity index (χ3n) is 10.2. The summed E-state index contributed by atoms with van der Waals surface area (Å²) in [6.45, 7) is 13.3. The van der Waals surface area contributed by atoms with E-state index in [2.05, 4.69) is 34.6 Å². The zero-order valence-electron chi connectivity index (χ0n) is 19.4. The summed E-state index contributed by atoms with van der Waals surface area (Å²) in [7, 11) is 0. The summed E-state index contributed by atoms with van der Waals surface area (Å²) < 4.78 is 12.4. The Bertz CT molecular complexity index is 974. The van der Waals surface area contributed by atoms with Crippen molar-refractivity contribution in [3.63, 3.8) is 0 Å². The third-order valence-corrected chi connectivity index (χ3v) is 10.2. The maximum atomic E-state index is 12.8. The second-order valence-electron chi connectivity index (χ2n) is 12.0. The van der Waals surface area contributed by atoms with Crippen LogP contribution in [0.2, 0.25) is 0 Å². The molecule has 4 aliphatic rings. The van der Waals surface area contributed by atoms with Gasteiger partial charge in [0.25, 0.3) is 5.95 Å². The van der Waals surface area contributed by atoms with Crippen molar-refractivity contribution in [3.8, 4) is 5.95 Å². The Morgan fingerprint density at radius 1 is 0.900 bits per heavy atom. The Hall–Kier alpha value is -1.58. The van der Waals surface area contributed by atoms with E-state index in [1.165, 1.54) is 0 Å². The molecule has 0 amide bonds. The van der Waals surface area contributed by atoms with Gasteiger partial charge in [-0.25, -0.2) is 0 Å². The van der Waals surface area contributed by atoms with Crippen LogP contribution >= 0.6 is 0 Å². The molecule has 0 spiro atoms. The molecular weight excluding hydrogens is 376 g/mol. The quantitative estimate of drug-likeness (QED) is 0.566. The summed E-state index contributed by atoms with van der Waals surface area (Å²) in [6, 6.07) is 1.60. The number of hydrogen-bond donors (Lipinski definition) is 0. The fourth-order valence-corrected chi connectivity index (χ4v) is 8.63. The van der Waals surface area contributed by atoms with Gasteiger partial charge in [0.15, 0.2) is 5.43 Å². The van der Waals surface area contributed by atoms with Crippen LogP contribution < -0.4 is 10.2 Å². The molecule has 0 bridgehead atoms. The molecule has 164 valence electrons. The molecule has 0 unspecified atom stereocenters. The summed E-state index contributed by atoms with van der Waals surface area (Å²) in [5.41, 5.74) is 0.504. The highest BCUT2D eigenvalue weighted by atomic mass is 16.6. The lowest BCUT2D eigenvalue weighted by Gasteiger charge is -2.68. The average Bonchev–Trinajstić information content (AvgIpc) is 2.63. The van der Waals surface area contributed by atoms with E-state index in [0.29, 0.717) is 41.7 Å². The molecular formula is C26H36O4. The first-order chi connectivity index (χ1) is 13.9. The standard InChI is InChI=1S/C26H36O4/c1-15-13-17(27)16-14-20-25(5)10-7-18-23(2,3)21(28)9-11-24(18,4)19(25)8-12-26(20,6)30-22(16)29-15/h13,18-20H,7-12,14H2,1-6H3/t18-,19+,20-,24-,25+,26-/m0/s1. The number of ketones is 1. The number of hydrogen-bond acceptors (Lipinski definition) is 4. The Morgan fingerprint density at radius 2 is 1.57 bits per heavy atom. The maximum absolute atomic E-state index is 12.8. The molecule has 1 aromatic heterocycles. The number of aryl methyl sites for hydroxylation is 1. The SMILES string of the molecule is Cc1cc(=O)c2c(o1)O[C@@]1(C)CC[C@@H]3[C@@]4(C)CCC(=O)C(C)(C)[C@@H]4CC[C@@]3(C)[C@@H]1C2. The van der Waals surface area contributed by atoms with Crippen molar-refractivity contribution >= 4 is 5.78 Å². The van der Waals surface area contributed by atoms with Gasteiger partial charge in [0.05, 0.1) is 5.56 Å². The fraction of sp³-hybridized carbons (Fsp3) is 0.769. The molecule has 1 aromatic rings. The Labute approximate surface area is 179 Å². The van der Waals surface area contributed by atoms with Crippen LogP contribution in [0.4, 0.5) is 0 Å². The van der Waals surface area contributed by atoms with Crippen molar-refractivity contribution in [3.05, 3.63) is 27.6 Å². The number of rotatable bonds is 0. The first kappa shape index (κ1) is 20.3. The lowest BCUT2D eigenvalue weighted by Crippen LogP contribution is -2.66. The average molecular weight is 413 g/mol. The number of carbonyl (C=O) groups is 1. The fourth-order valence-electron chi connectivity index (χ4n) is 8.63. The Kier molecular flexibility index (Phi) is 4.07. The van der Waals surface area contributed by atoms with Gasteiger partial charge in [0.2, 0.25) is 0 Å². The van der Waals surface area contributed by atoms with Crippen LogP contribution in [0.5, 0.6) is 5.95 Å². The van der Waals surface area contributed by atoms with Gasteiger partial charge in [0, 0.05) is 23.8 Å². The van der Waals surface area contributed by atoms with Crippen molar-refractivity contribution < 1.29 is 13.9 Å². The van der Waals surface area contributed by atoms with Gasteiger partial charge in [-0.15, -0.1) is 0 Å². The summed E-state index contributed by atoms with van der Waals surface area (Å²) in [5, 5.41) is 0. The smallest absolute Gasteiger partial charge is 0.292 e. The molecule has 3 saturated carbocycles. The minimum absolute atomic E-state index is 0.0471. The van der Waals surface area contributed by atoms with E-state index in [0.717, 1.165) is 44.1 Å². The molecule has 30 heavy (non-hydrogen) atoms. The highest BCUT2D eigenvalue weighted by molar-refractivity contribution is 5.85. The first-order valence-electron chi connectivity index (χ1n) is 11.8. The minimum Gasteiger partial charge on any atom is -0.458 e. The second kappa shape index (κ2) is 6.01. The molecule has 3 fully saturated rings. The maximum Gasteiger partial charge on any atom is 0.292 e. The summed E-state index contributed by atoms with van der Waals surface area (Å²) in [5.74, 6) is 2.79. The van der Waals surface area contributed by atoms with Gasteiger partial charge in [-0.05, 0) is 75.0 Å². The van der Waals surface area contributed by atoms with Gasteiger partial charge in [-0.3, -0.25) is 9.59 Å². The van der Waals surface area contributed by atoms with E-state index in [9.17, 15) is 9.59 Å². The summed E-state index contributed by atoms with van der Waals surface area (Å²) in [4.78, 5) is 25.5. The van der Waals surface area contributed by atoms with Gasteiger partial charge < -0.3 is 9.15 Å². The molecule has 6 atom stereocenters. The van der Waals surface area contributed by atoms with Crippen LogP contribution in [0.3, 0.4) is 0 Å². The minimum atomic E-state index is -0.300. The highest BCUT2D eigenvalue weighted by Crippen LogP contribution is 2.70. The van der Waals surface area contributed by atoms with Crippen molar-refractivity contribution in [2.75, 3.05) is 0 Å². The predicted molar refractivity (Wildman–Crippen MR) is 116 cm³/mol. The second-order valence-corrected chi connectivity index (χ2v) is 12.0. The molecule has 1 aliphatic heterocycles. The number of carbonyl (C=O) groups excluding carboxylic acids is 1. The van der Waals surface area contributed by atoms with Crippen molar-refractivity contribution in [2.45, 2.75) is 92.1 Å². The van der Waals surface area contributed by atoms with Crippen LogP contribution in [0.15, 0.2) is 15.3 Å². The molecule has 0 radical (unpaired) electrons. The van der Waals surface area contributed by atoms with Crippen molar-refractivity contribution in [2.24, 2.45) is 34.0 Å². The molecule has 2 heterocycles. The van der Waals surface area contributed by atoms with E-state index in [-0.39, 0.29) is 27.3 Å². The van der Waals surface area contributed by atoms with E-state index in [4.69, 9.17) is 9.15 Å². The molecule has 4 heteroatoms. The topological polar surface area (TPSA) is 56.5 Å². The van der Waals surface area contributed by atoms with Crippen LogP contribution in [0, 0.1) is 40.9 Å². The monoisotopic (exact) mass is 412 g/mol. The van der Waals surface area contributed by atoms with Crippen LogP contribution in [-0.4, -0.2) is 11.4 Å². The number of fused-ring (bicyclic) bond motifs is 6. The summed E-state index contributed by atoms with van der Waals surface area (Å²) in [6.07, 6.45) is 6.73. The van der Waals surface area contributed by atoms with E-state index in [1.54, 1.807) is 6.07 Å². The zero-order valence-corrected chi connectivity index (χ0v) is 19.4. The first-order valence-corrected chi connectivity index (χ1v) is 11.8. The zero-order chi connectivity index (χ0) is 21.7. The Morgan fingerprint density at radius 3 is 2.30 bits per heavy atom. The third kappa shape index (κ3) is 2.45. The van der Waals surface area contributed by atoms with Crippen molar-refractivity contribution in [1.29, 1.82) is 0 Å². The van der Waals surface area contributed by atoms with E-state index < -0.39 is 0 Å². The highest BCUT2D eigenvalue weighted by Gasteiger charge is 2.66. The molecule has 4 nitrogen and oxygen atoms in total. The largest absolute Gasteiger partial charge is 0.458 e. The lowest BCUT2D eigenvalue weighted by atomic mass is 9.37. The van der Waals surface area contributed by atoms with Crippen LogP contribution in [-0.2, 0) is 11.2 Å².